The maximum absolute atomic E-state index is 15.5. The highest BCUT2D eigenvalue weighted by Gasteiger charge is 2.86. The fourth-order valence-electron chi connectivity index (χ4n) is 10.7. The molecule has 4 aliphatic heterocycles. The monoisotopic (exact) mass is 977 g/mol. The van der Waals surface area contributed by atoms with E-state index in [1.807, 2.05) is 60.6 Å². The smallest absolute Gasteiger partial charge is 0.482 e. The van der Waals surface area contributed by atoms with Crippen LogP contribution in [0.1, 0.15) is 104 Å². The molecule has 1 saturated heterocycles. The van der Waals surface area contributed by atoms with Gasteiger partial charge in [0.2, 0.25) is 11.9 Å². The molecule has 7 aliphatic rings. The highest BCUT2D eigenvalue weighted by molar-refractivity contribution is 7.66. The second-order valence-electron chi connectivity index (χ2n) is 18.7. The molecule has 1 aromatic carbocycles. The second kappa shape index (κ2) is 16.6. The Balaban J connectivity index is 1.43. The number of benzene rings is 1. The lowest BCUT2D eigenvalue weighted by Crippen LogP contribution is -2.79. The molecule has 5 heterocycles. The van der Waals surface area contributed by atoms with Gasteiger partial charge in [-0.2, -0.15) is 18.7 Å². The van der Waals surface area contributed by atoms with Gasteiger partial charge in [-0.25, -0.2) is 23.4 Å². The number of rotatable bonds is 16. The van der Waals surface area contributed by atoms with Crippen molar-refractivity contribution < 1.29 is 75.3 Å². The van der Waals surface area contributed by atoms with Crippen molar-refractivity contribution in [1.29, 1.82) is 0 Å². The number of allylic oxidation sites excluding steroid dienone is 4. The molecule has 1 aromatic heterocycles. The Hall–Kier alpha value is -4.10. The number of hydrogen-bond donors (Lipinski definition) is 6. The summed E-state index contributed by atoms with van der Waals surface area (Å²) in [4.78, 5) is 78.4. The first kappa shape index (κ1) is 48.4. The van der Waals surface area contributed by atoms with Crippen LogP contribution in [0.4, 0.5) is 5.95 Å². The van der Waals surface area contributed by atoms with Crippen LogP contribution in [0, 0.1) is 17.8 Å². The Kier molecular flexibility index (Phi) is 12.1. The molecule has 66 heavy (non-hydrogen) atoms. The van der Waals surface area contributed by atoms with Gasteiger partial charge in [-0.15, -0.1) is 0 Å². The number of amides is 1. The third kappa shape index (κ3) is 8.13. The van der Waals surface area contributed by atoms with E-state index in [1.165, 1.54) is 6.33 Å². The van der Waals surface area contributed by atoms with Crippen LogP contribution in [0.25, 0.3) is 6.08 Å². The van der Waals surface area contributed by atoms with Gasteiger partial charge in [0.25, 0.3) is 0 Å². The first-order valence-corrected chi connectivity index (χ1v) is 25.9. The third-order valence-corrected chi connectivity index (χ3v) is 16.9. The van der Waals surface area contributed by atoms with Crippen LogP contribution in [0.2, 0.25) is 0 Å². The number of phosphoric ester groups is 1. The lowest BCUT2D eigenvalue weighted by Gasteiger charge is -2.64. The van der Waals surface area contributed by atoms with Crippen LogP contribution in [0.5, 0.6) is 17.2 Å². The molecule has 4 bridgehead atoms. The molecular weight excluding hydrogens is 923 g/mol. The summed E-state index contributed by atoms with van der Waals surface area (Å²) in [5.74, 6) is -3.31. The Bertz CT molecular complexity index is 2710. The Morgan fingerprint density at radius 3 is 2.36 bits per heavy atom. The minimum Gasteiger partial charge on any atom is -0.482 e. The fraction of sp³-hybridized carbons (Fsp3) is 0.548. The summed E-state index contributed by atoms with van der Waals surface area (Å²) in [6, 6.07) is -0.808. The van der Waals surface area contributed by atoms with Gasteiger partial charge < -0.3 is 43.8 Å². The van der Waals surface area contributed by atoms with E-state index in [-0.39, 0.29) is 78.1 Å². The van der Waals surface area contributed by atoms with Crippen LogP contribution in [0.3, 0.4) is 0 Å². The van der Waals surface area contributed by atoms with E-state index in [4.69, 9.17) is 23.7 Å². The average molecular weight is 978 g/mol. The average Bonchev–Trinajstić information content (AvgIpc) is 3.72. The van der Waals surface area contributed by atoms with Crippen molar-refractivity contribution in [2.75, 3.05) is 13.2 Å². The van der Waals surface area contributed by atoms with E-state index >= 15 is 4.79 Å². The molecule has 9 rings (SSSR count). The highest BCUT2D eigenvalue weighted by Crippen LogP contribution is 2.74. The number of phosphoric acid groups is 3. The van der Waals surface area contributed by atoms with E-state index in [1.54, 1.807) is 29.8 Å². The minimum atomic E-state index is -6.01. The van der Waals surface area contributed by atoms with Crippen LogP contribution < -0.4 is 19.3 Å². The van der Waals surface area contributed by atoms with Crippen molar-refractivity contribution in [3.63, 3.8) is 0 Å². The molecule has 21 nitrogen and oxygen atoms in total. The van der Waals surface area contributed by atoms with Crippen LogP contribution in [-0.4, -0.2) is 92.4 Å². The van der Waals surface area contributed by atoms with E-state index < -0.39 is 81.3 Å². The molecule has 24 heteroatoms. The zero-order valence-electron chi connectivity index (χ0n) is 37.6. The van der Waals surface area contributed by atoms with Gasteiger partial charge >= 0.3 is 23.5 Å². The summed E-state index contributed by atoms with van der Waals surface area (Å²) >= 11 is 0. The van der Waals surface area contributed by atoms with Gasteiger partial charge in [0.15, 0.2) is 22.7 Å². The number of aliphatic hydroxyl groups excluding tert-OH is 1. The predicted molar refractivity (Wildman–Crippen MR) is 236 cm³/mol. The van der Waals surface area contributed by atoms with Crippen molar-refractivity contribution in [2.24, 2.45) is 22.7 Å². The fourth-order valence-corrected chi connectivity index (χ4v) is 13.7. The molecule has 3 aliphatic carbocycles. The maximum atomic E-state index is 15.5. The standard InChI is InChI=1S/C42H54N5O16P3/c1-22(2)10-9-15-40(8)16-14-26-33(58-40)25(12-11-23(3)4)34-29(35(26)60-65(54,55)63-66(56,57)62-64(51,52)53)31-30-32(47-38(46-31)44-21-45-47)27-20-28-39(6,7)61-41(36(27)49,42(28,30)59-34)17-13-24(5)37(50)43-18-19-48/h10-11,13-14,16,21,27-28,30,32,48H,9,12,15,17-20H2,1-8H3,(H,43,50)(H,54,55)(H,56,57)(H2,51,52,53). The number of aliphatic hydroxyl groups is 1. The molecule has 6 N–H and O–H groups in total. The number of carbonyl (C=O) groups excluding carboxylic acids is 2. The molecule has 3 saturated carbocycles. The number of hydrogen-bond acceptors (Lipinski definition) is 15. The van der Waals surface area contributed by atoms with E-state index in [0.717, 1.165) is 11.1 Å². The minimum absolute atomic E-state index is 0.00220. The molecule has 1 spiro atoms. The quantitative estimate of drug-likeness (QED) is 0.0635. The number of ether oxygens (including phenoxy) is 3. The molecule has 0 radical (unpaired) electrons. The molecule has 9 unspecified atom stereocenters. The number of aliphatic imine (C=N–C) groups is 1. The molecule has 4 fully saturated rings. The van der Waals surface area contributed by atoms with E-state index in [9.17, 15) is 43.2 Å². The predicted octanol–water partition coefficient (Wildman–Crippen LogP) is 6.04. The Labute approximate surface area is 380 Å². The summed E-state index contributed by atoms with van der Waals surface area (Å²) in [7, 11) is -17.7. The first-order valence-electron chi connectivity index (χ1n) is 21.4. The Morgan fingerprint density at radius 1 is 0.985 bits per heavy atom. The summed E-state index contributed by atoms with van der Waals surface area (Å²) in [6.45, 7) is 14.6. The van der Waals surface area contributed by atoms with Gasteiger partial charge in [0.1, 0.15) is 23.4 Å². The summed E-state index contributed by atoms with van der Waals surface area (Å²) in [5, 5.41) is 16.5. The zero-order chi connectivity index (χ0) is 48.2. The van der Waals surface area contributed by atoms with Crippen LogP contribution in [-0.2, 0) is 43.1 Å². The summed E-state index contributed by atoms with van der Waals surface area (Å²) in [6.07, 6.45) is 11.6. The number of nitrogens with one attached hydrogen (secondary N) is 1. The molecule has 9 atom stereocenters. The molecule has 1 amide bonds. The molecule has 2 aromatic rings. The number of aromatic nitrogens is 3. The molecule has 358 valence electrons. The van der Waals surface area contributed by atoms with Gasteiger partial charge in [-0.3, -0.25) is 14.5 Å². The van der Waals surface area contributed by atoms with Gasteiger partial charge in [0.05, 0.1) is 41.0 Å². The van der Waals surface area contributed by atoms with Gasteiger partial charge in [-0.05, 0) is 93.2 Å². The zero-order valence-corrected chi connectivity index (χ0v) is 40.3. The number of nitrogens with zero attached hydrogens (tertiary/aromatic N) is 4. The van der Waals surface area contributed by atoms with Crippen molar-refractivity contribution in [3.8, 4) is 17.2 Å². The first-order chi connectivity index (χ1) is 30.7. The van der Waals surface area contributed by atoms with E-state index in [0.29, 0.717) is 18.4 Å². The van der Waals surface area contributed by atoms with Gasteiger partial charge in [-0.1, -0.05) is 29.4 Å². The van der Waals surface area contributed by atoms with Crippen molar-refractivity contribution in [2.45, 2.75) is 116 Å². The number of carbonyl (C=O) groups is 2. The van der Waals surface area contributed by atoms with Crippen molar-refractivity contribution in [1.82, 2.24) is 20.1 Å². The highest BCUT2D eigenvalue weighted by atomic mass is 31.3. The number of fused-ring (bicyclic) bond motifs is 4. The largest absolute Gasteiger partial charge is 0.536 e. The van der Waals surface area contributed by atoms with Gasteiger partial charge in [0, 0.05) is 35.9 Å². The third-order valence-electron chi connectivity index (χ3n) is 13.2. The number of Topliss-reactive ketones (excluding diaryl/α,β-unsaturated/α-hetero) is 1. The lowest BCUT2D eigenvalue weighted by atomic mass is 9.44. The maximum Gasteiger partial charge on any atom is 0.536 e. The summed E-state index contributed by atoms with van der Waals surface area (Å²) in [5.41, 5.74) is -2.60. The number of ketones is 1. The second-order valence-corrected chi connectivity index (χ2v) is 23.1. The van der Waals surface area contributed by atoms with Crippen LogP contribution in [0.15, 0.2) is 52.3 Å². The Morgan fingerprint density at radius 2 is 1.70 bits per heavy atom. The van der Waals surface area contributed by atoms with Crippen molar-refractivity contribution in [3.05, 3.63) is 64.0 Å². The van der Waals surface area contributed by atoms with E-state index in [2.05, 4.69) is 24.0 Å². The topological polar surface area (TPSA) is 297 Å². The summed E-state index contributed by atoms with van der Waals surface area (Å²) < 4.78 is 75.8. The van der Waals surface area contributed by atoms with Crippen molar-refractivity contribution >= 4 is 52.9 Å². The normalized spacial score (nSPS) is 30.2. The van der Waals surface area contributed by atoms with Crippen LogP contribution >= 0.6 is 23.5 Å². The SMILES string of the molecule is CC(C)=CCCC1(C)C=Cc2c(c(CC=C(C)C)c3c(c2OP(=O)(O)OP(=O)(O)OP(=O)(O)O)C2=Nc4ncnn4C4C5CC6C(C)(C)OC(CC=C(C)C(=O)NCCO)(C5=O)C6(O3)C24)O1. The lowest BCUT2D eigenvalue weighted by molar-refractivity contribution is -0.207. The molecular formula is C42H54N5O16P3.